The van der Waals surface area contributed by atoms with Crippen molar-refractivity contribution in [3.8, 4) is 0 Å². The first-order valence-electron chi connectivity index (χ1n) is 5.77. The van der Waals surface area contributed by atoms with Gasteiger partial charge in [0.1, 0.15) is 11.4 Å². The van der Waals surface area contributed by atoms with E-state index in [1.165, 1.54) is 12.1 Å². The lowest BCUT2D eigenvalue weighted by Crippen LogP contribution is -2.12. The summed E-state index contributed by atoms with van der Waals surface area (Å²) in [4.78, 5) is 12.0. The fourth-order valence-electron chi connectivity index (χ4n) is 1.86. The van der Waals surface area contributed by atoms with Crippen LogP contribution in [0.25, 0.3) is 11.0 Å². The maximum atomic E-state index is 13.4. The molecule has 0 aliphatic carbocycles. The van der Waals surface area contributed by atoms with E-state index >= 15 is 0 Å². The Kier molecular flexibility index (Phi) is 2.76. The number of para-hydroxylation sites is 1. The number of furan rings is 1. The minimum absolute atomic E-state index is 0.166. The van der Waals surface area contributed by atoms with E-state index in [0.717, 1.165) is 5.39 Å². The summed E-state index contributed by atoms with van der Waals surface area (Å²) >= 11 is 0. The lowest BCUT2D eigenvalue weighted by Gasteiger charge is -2.06. The Morgan fingerprint density at radius 3 is 2.79 bits per heavy atom. The number of carbonyl (C=O) groups excluding carboxylic acids is 1. The van der Waals surface area contributed by atoms with Crippen LogP contribution in [0.5, 0.6) is 0 Å². The highest BCUT2D eigenvalue weighted by atomic mass is 19.1. The monoisotopic (exact) mass is 255 g/mol. The number of rotatable bonds is 2. The molecule has 3 aromatic rings. The van der Waals surface area contributed by atoms with E-state index in [4.69, 9.17) is 4.42 Å². The molecule has 0 aliphatic rings. The Labute approximate surface area is 108 Å². The molecule has 3 rings (SSSR count). The molecule has 1 N–H and O–H groups in total. The first-order chi connectivity index (χ1) is 9.24. The van der Waals surface area contributed by atoms with E-state index in [1.54, 1.807) is 42.7 Å². The van der Waals surface area contributed by atoms with E-state index in [2.05, 4.69) is 5.32 Å². The Balaban J connectivity index is 1.89. The number of fused-ring (bicyclic) bond motifs is 1. The van der Waals surface area contributed by atoms with Crippen molar-refractivity contribution in [2.24, 2.45) is 0 Å². The number of hydrogen-bond donors (Lipinski definition) is 1. The summed E-state index contributed by atoms with van der Waals surface area (Å²) in [5, 5.41) is 3.37. The first kappa shape index (κ1) is 11.5. The van der Waals surface area contributed by atoms with Crippen molar-refractivity contribution in [1.29, 1.82) is 0 Å². The van der Waals surface area contributed by atoms with Crippen LogP contribution in [0, 0.1) is 5.82 Å². The summed E-state index contributed by atoms with van der Waals surface area (Å²) in [6.07, 6.45) is 1.56. The number of anilines is 1. The van der Waals surface area contributed by atoms with Crippen LogP contribution in [-0.2, 0) is 0 Å². The van der Waals surface area contributed by atoms with Gasteiger partial charge in [0.05, 0.1) is 12.0 Å². The SMILES string of the molecule is O=C(Nc1ccccc1F)c1ccc2occc2c1. The molecule has 0 bridgehead atoms. The molecule has 1 aromatic heterocycles. The van der Waals surface area contributed by atoms with Crippen LogP contribution in [0.2, 0.25) is 0 Å². The molecule has 94 valence electrons. The number of carbonyl (C=O) groups is 1. The van der Waals surface area contributed by atoms with Gasteiger partial charge in [0.2, 0.25) is 0 Å². The molecular weight excluding hydrogens is 245 g/mol. The zero-order valence-corrected chi connectivity index (χ0v) is 9.89. The number of benzene rings is 2. The molecular formula is C15H10FNO2. The van der Waals surface area contributed by atoms with E-state index in [0.29, 0.717) is 11.1 Å². The predicted molar refractivity (Wildman–Crippen MR) is 70.6 cm³/mol. The minimum Gasteiger partial charge on any atom is -0.464 e. The molecule has 0 radical (unpaired) electrons. The van der Waals surface area contributed by atoms with E-state index in [1.807, 2.05) is 0 Å². The standard InChI is InChI=1S/C15H10FNO2/c16-12-3-1-2-4-13(12)17-15(18)11-5-6-14-10(9-11)7-8-19-14/h1-9H,(H,17,18). The lowest BCUT2D eigenvalue weighted by molar-refractivity contribution is 0.102. The zero-order chi connectivity index (χ0) is 13.2. The van der Waals surface area contributed by atoms with Gasteiger partial charge in [-0.3, -0.25) is 4.79 Å². The third kappa shape index (κ3) is 2.20. The van der Waals surface area contributed by atoms with Gasteiger partial charge in [-0.1, -0.05) is 12.1 Å². The molecule has 19 heavy (non-hydrogen) atoms. The van der Waals surface area contributed by atoms with Gasteiger partial charge in [0, 0.05) is 10.9 Å². The first-order valence-corrected chi connectivity index (χ1v) is 5.77. The van der Waals surface area contributed by atoms with Gasteiger partial charge < -0.3 is 9.73 Å². The highest BCUT2D eigenvalue weighted by molar-refractivity contribution is 6.06. The fraction of sp³-hybridized carbons (Fsp3) is 0. The lowest BCUT2D eigenvalue weighted by atomic mass is 10.1. The normalized spacial score (nSPS) is 10.6. The molecule has 0 fully saturated rings. The second kappa shape index (κ2) is 4.57. The number of hydrogen-bond acceptors (Lipinski definition) is 2. The van der Waals surface area contributed by atoms with Crippen molar-refractivity contribution in [1.82, 2.24) is 0 Å². The van der Waals surface area contributed by atoms with Crippen LogP contribution in [0.3, 0.4) is 0 Å². The summed E-state index contributed by atoms with van der Waals surface area (Å²) in [5.74, 6) is -0.812. The van der Waals surface area contributed by atoms with Gasteiger partial charge in [0.15, 0.2) is 0 Å². The topological polar surface area (TPSA) is 42.2 Å². The van der Waals surface area contributed by atoms with Crippen molar-refractivity contribution in [3.05, 3.63) is 66.2 Å². The highest BCUT2D eigenvalue weighted by Crippen LogP contribution is 2.19. The molecule has 0 spiro atoms. The summed E-state index contributed by atoms with van der Waals surface area (Å²) < 4.78 is 18.6. The molecule has 0 saturated carbocycles. The third-order valence-corrected chi connectivity index (χ3v) is 2.84. The molecule has 0 aliphatic heterocycles. The van der Waals surface area contributed by atoms with Gasteiger partial charge in [-0.25, -0.2) is 4.39 Å². The second-order valence-corrected chi connectivity index (χ2v) is 4.11. The quantitative estimate of drug-likeness (QED) is 0.756. The van der Waals surface area contributed by atoms with Crippen molar-refractivity contribution < 1.29 is 13.6 Å². The highest BCUT2D eigenvalue weighted by Gasteiger charge is 2.10. The number of halogens is 1. The number of nitrogens with one attached hydrogen (secondary N) is 1. The third-order valence-electron chi connectivity index (χ3n) is 2.84. The van der Waals surface area contributed by atoms with E-state index in [-0.39, 0.29) is 11.6 Å². The zero-order valence-electron chi connectivity index (χ0n) is 9.89. The Hall–Kier alpha value is -2.62. The molecule has 4 heteroatoms. The molecule has 3 nitrogen and oxygen atoms in total. The Bertz CT molecular complexity index is 748. The fourth-order valence-corrected chi connectivity index (χ4v) is 1.86. The maximum Gasteiger partial charge on any atom is 0.255 e. The molecule has 2 aromatic carbocycles. The molecule has 1 heterocycles. The molecule has 1 amide bonds. The van der Waals surface area contributed by atoms with Gasteiger partial charge in [-0.05, 0) is 36.4 Å². The largest absolute Gasteiger partial charge is 0.464 e. The van der Waals surface area contributed by atoms with Crippen LogP contribution in [0.15, 0.2) is 59.2 Å². The summed E-state index contributed by atoms with van der Waals surface area (Å²) in [6, 6.07) is 12.9. The van der Waals surface area contributed by atoms with Crippen LogP contribution in [0.1, 0.15) is 10.4 Å². The van der Waals surface area contributed by atoms with Crippen molar-refractivity contribution in [2.45, 2.75) is 0 Å². The smallest absolute Gasteiger partial charge is 0.255 e. The molecule has 0 unspecified atom stereocenters. The number of amides is 1. The van der Waals surface area contributed by atoms with Crippen LogP contribution in [0.4, 0.5) is 10.1 Å². The summed E-state index contributed by atoms with van der Waals surface area (Å²) in [6.45, 7) is 0. The van der Waals surface area contributed by atoms with Crippen LogP contribution in [-0.4, -0.2) is 5.91 Å². The van der Waals surface area contributed by atoms with Gasteiger partial charge >= 0.3 is 0 Å². The van der Waals surface area contributed by atoms with E-state index < -0.39 is 5.82 Å². The van der Waals surface area contributed by atoms with Crippen LogP contribution >= 0.6 is 0 Å². The molecule has 0 saturated heterocycles. The second-order valence-electron chi connectivity index (χ2n) is 4.11. The average Bonchev–Trinajstić information content (AvgIpc) is 2.88. The van der Waals surface area contributed by atoms with Gasteiger partial charge in [-0.2, -0.15) is 0 Å². The van der Waals surface area contributed by atoms with E-state index in [9.17, 15) is 9.18 Å². The van der Waals surface area contributed by atoms with Crippen molar-refractivity contribution >= 4 is 22.6 Å². The average molecular weight is 255 g/mol. The minimum atomic E-state index is -0.458. The van der Waals surface area contributed by atoms with Gasteiger partial charge in [0.25, 0.3) is 5.91 Å². The Morgan fingerprint density at radius 1 is 1.11 bits per heavy atom. The van der Waals surface area contributed by atoms with Gasteiger partial charge in [-0.15, -0.1) is 0 Å². The summed E-state index contributed by atoms with van der Waals surface area (Å²) in [5.41, 5.74) is 1.33. The molecule has 0 atom stereocenters. The maximum absolute atomic E-state index is 13.4. The van der Waals surface area contributed by atoms with Crippen molar-refractivity contribution in [2.75, 3.05) is 5.32 Å². The summed E-state index contributed by atoms with van der Waals surface area (Å²) in [7, 11) is 0. The predicted octanol–water partition coefficient (Wildman–Crippen LogP) is 3.82. The Morgan fingerprint density at radius 2 is 1.95 bits per heavy atom. The van der Waals surface area contributed by atoms with Crippen LogP contribution < -0.4 is 5.32 Å². The van der Waals surface area contributed by atoms with Crippen molar-refractivity contribution in [3.63, 3.8) is 0 Å².